The Morgan fingerprint density at radius 1 is 1.17 bits per heavy atom. The summed E-state index contributed by atoms with van der Waals surface area (Å²) >= 11 is 0. The average Bonchev–Trinajstić information content (AvgIpc) is 2.44. The second kappa shape index (κ2) is 8.90. The minimum atomic E-state index is -3.09. The van der Waals surface area contributed by atoms with E-state index in [4.69, 9.17) is 0 Å². The van der Waals surface area contributed by atoms with Gasteiger partial charge in [0.2, 0.25) is 0 Å². The zero-order valence-corrected chi connectivity index (χ0v) is 16.3. The van der Waals surface area contributed by atoms with E-state index in [0.717, 1.165) is 24.8 Å². The Balaban J connectivity index is 2.27. The lowest BCUT2D eigenvalue weighted by atomic mass is 9.81. The fraction of sp³-hybridized carbons (Fsp3) is 0.941. The van der Waals surface area contributed by atoms with Crippen LogP contribution in [-0.4, -0.2) is 45.0 Å². The summed E-state index contributed by atoms with van der Waals surface area (Å²) in [5, 5.41) is 6.40. The molecule has 2 unspecified atom stereocenters. The summed E-state index contributed by atoms with van der Waals surface area (Å²) < 4.78 is 23.4. The van der Waals surface area contributed by atoms with Crippen molar-refractivity contribution >= 4 is 15.8 Å². The average molecular weight is 346 g/mol. The molecular formula is C17H35N3O2S. The van der Waals surface area contributed by atoms with Crippen LogP contribution in [0.3, 0.4) is 0 Å². The Kier molecular flexibility index (Phi) is 7.84. The van der Waals surface area contributed by atoms with Gasteiger partial charge in [-0.15, -0.1) is 0 Å². The maximum absolute atomic E-state index is 12.1. The SMILES string of the molecule is CN=C(NCCC1CCCC(C)C1)NCCS(=O)(=O)C(C)(C)C. The van der Waals surface area contributed by atoms with E-state index < -0.39 is 14.6 Å². The van der Waals surface area contributed by atoms with Crippen molar-refractivity contribution in [3.8, 4) is 0 Å². The Labute approximate surface area is 142 Å². The highest BCUT2D eigenvalue weighted by molar-refractivity contribution is 7.92. The lowest BCUT2D eigenvalue weighted by Gasteiger charge is -2.27. The molecule has 0 amide bonds. The Bertz CT molecular complexity index is 481. The maximum atomic E-state index is 12.1. The molecule has 2 atom stereocenters. The molecule has 1 rings (SSSR count). The van der Waals surface area contributed by atoms with Gasteiger partial charge in [0.05, 0.1) is 10.5 Å². The standard InChI is InChI=1S/C17H35N3O2S/c1-14-7-6-8-15(13-14)9-10-19-16(18-5)20-11-12-23(21,22)17(2,3)4/h14-15H,6-13H2,1-5H3,(H2,18,19,20). The van der Waals surface area contributed by atoms with Gasteiger partial charge in [-0.05, 0) is 45.4 Å². The maximum Gasteiger partial charge on any atom is 0.191 e. The third-order valence-electron chi connectivity index (χ3n) is 4.71. The van der Waals surface area contributed by atoms with Crippen molar-refractivity contribution in [1.82, 2.24) is 10.6 Å². The van der Waals surface area contributed by atoms with Gasteiger partial charge < -0.3 is 10.6 Å². The van der Waals surface area contributed by atoms with Gasteiger partial charge in [0.25, 0.3) is 0 Å². The number of nitrogens with one attached hydrogen (secondary N) is 2. The number of hydrogen-bond acceptors (Lipinski definition) is 3. The molecule has 0 aliphatic heterocycles. The molecule has 1 saturated carbocycles. The molecule has 0 spiro atoms. The van der Waals surface area contributed by atoms with Crippen LogP contribution in [0.25, 0.3) is 0 Å². The second-order valence-electron chi connectivity index (χ2n) is 7.78. The van der Waals surface area contributed by atoms with Crippen molar-refractivity contribution in [2.75, 3.05) is 25.9 Å². The molecule has 0 radical (unpaired) electrons. The monoisotopic (exact) mass is 345 g/mol. The number of aliphatic imine (C=N–C) groups is 1. The number of sulfone groups is 1. The molecular weight excluding hydrogens is 310 g/mol. The van der Waals surface area contributed by atoms with Gasteiger partial charge in [-0.1, -0.05) is 26.2 Å². The molecule has 1 fully saturated rings. The molecule has 136 valence electrons. The quantitative estimate of drug-likeness (QED) is 0.573. The molecule has 23 heavy (non-hydrogen) atoms. The molecule has 2 N–H and O–H groups in total. The molecule has 0 bridgehead atoms. The summed E-state index contributed by atoms with van der Waals surface area (Å²) in [5.74, 6) is 2.48. The fourth-order valence-corrected chi connectivity index (χ4v) is 4.03. The van der Waals surface area contributed by atoms with Crippen LogP contribution >= 0.6 is 0 Å². The molecule has 0 aromatic heterocycles. The predicted octanol–water partition coefficient (Wildman–Crippen LogP) is 2.58. The first kappa shape index (κ1) is 20.3. The summed E-state index contributed by atoms with van der Waals surface area (Å²) in [6.07, 6.45) is 6.55. The van der Waals surface area contributed by atoms with E-state index in [0.29, 0.717) is 12.5 Å². The van der Waals surface area contributed by atoms with Gasteiger partial charge >= 0.3 is 0 Å². The first-order valence-corrected chi connectivity index (χ1v) is 10.5. The molecule has 1 aliphatic carbocycles. The van der Waals surface area contributed by atoms with E-state index in [-0.39, 0.29) is 5.75 Å². The molecule has 1 aliphatic rings. The lowest BCUT2D eigenvalue weighted by Crippen LogP contribution is -2.42. The van der Waals surface area contributed by atoms with Crippen LogP contribution in [0.1, 0.15) is 59.8 Å². The smallest absolute Gasteiger partial charge is 0.191 e. The third-order valence-corrected chi connectivity index (χ3v) is 7.32. The van der Waals surface area contributed by atoms with Gasteiger partial charge in [-0.2, -0.15) is 0 Å². The van der Waals surface area contributed by atoms with E-state index >= 15 is 0 Å². The van der Waals surface area contributed by atoms with Crippen molar-refractivity contribution < 1.29 is 8.42 Å². The van der Waals surface area contributed by atoms with Crippen LogP contribution in [0.15, 0.2) is 4.99 Å². The van der Waals surface area contributed by atoms with Gasteiger partial charge in [0, 0.05) is 20.1 Å². The first-order valence-electron chi connectivity index (χ1n) is 8.82. The largest absolute Gasteiger partial charge is 0.356 e. The van der Waals surface area contributed by atoms with Crippen molar-refractivity contribution in [2.24, 2.45) is 16.8 Å². The Morgan fingerprint density at radius 3 is 2.39 bits per heavy atom. The van der Waals surface area contributed by atoms with Gasteiger partial charge in [-0.25, -0.2) is 8.42 Å². The van der Waals surface area contributed by atoms with Gasteiger partial charge in [0.1, 0.15) is 0 Å². The predicted molar refractivity (Wildman–Crippen MR) is 98.6 cm³/mol. The van der Waals surface area contributed by atoms with E-state index in [2.05, 4.69) is 22.5 Å². The number of hydrogen-bond donors (Lipinski definition) is 2. The zero-order valence-electron chi connectivity index (χ0n) is 15.5. The molecule has 5 nitrogen and oxygen atoms in total. The van der Waals surface area contributed by atoms with Crippen LogP contribution < -0.4 is 10.6 Å². The second-order valence-corrected chi connectivity index (χ2v) is 10.6. The summed E-state index contributed by atoms with van der Waals surface area (Å²) in [6.45, 7) is 8.83. The van der Waals surface area contributed by atoms with E-state index in [1.54, 1.807) is 27.8 Å². The summed E-state index contributed by atoms with van der Waals surface area (Å²) in [5.41, 5.74) is 0. The zero-order chi connectivity index (χ0) is 17.5. The van der Waals surface area contributed by atoms with Gasteiger partial charge in [0.15, 0.2) is 15.8 Å². The van der Waals surface area contributed by atoms with E-state index in [9.17, 15) is 8.42 Å². The van der Waals surface area contributed by atoms with Crippen molar-refractivity contribution in [1.29, 1.82) is 0 Å². The van der Waals surface area contributed by atoms with E-state index in [1.807, 2.05) is 0 Å². The molecule has 0 heterocycles. The topological polar surface area (TPSA) is 70.6 Å². The summed E-state index contributed by atoms with van der Waals surface area (Å²) in [4.78, 5) is 4.17. The minimum absolute atomic E-state index is 0.122. The normalized spacial score (nSPS) is 23.6. The number of rotatable bonds is 6. The fourth-order valence-electron chi connectivity index (χ4n) is 3.05. The Morgan fingerprint density at radius 2 is 1.83 bits per heavy atom. The molecule has 0 aromatic carbocycles. The van der Waals surface area contributed by atoms with Crippen LogP contribution in [0.2, 0.25) is 0 Å². The van der Waals surface area contributed by atoms with Crippen LogP contribution in [0.4, 0.5) is 0 Å². The molecule has 0 saturated heterocycles. The van der Waals surface area contributed by atoms with Crippen LogP contribution in [-0.2, 0) is 9.84 Å². The first-order chi connectivity index (χ1) is 10.7. The van der Waals surface area contributed by atoms with Gasteiger partial charge in [-0.3, -0.25) is 4.99 Å². The highest BCUT2D eigenvalue weighted by Crippen LogP contribution is 2.30. The number of nitrogens with zero attached hydrogens (tertiary/aromatic N) is 1. The Hall–Kier alpha value is -0.780. The third kappa shape index (κ3) is 7.10. The highest BCUT2D eigenvalue weighted by Gasteiger charge is 2.28. The molecule has 6 heteroatoms. The van der Waals surface area contributed by atoms with E-state index in [1.165, 1.54) is 25.7 Å². The lowest BCUT2D eigenvalue weighted by molar-refractivity contribution is 0.270. The van der Waals surface area contributed by atoms with Crippen LogP contribution in [0, 0.1) is 11.8 Å². The summed E-state index contributed by atoms with van der Waals surface area (Å²) in [6, 6.07) is 0. The van der Waals surface area contributed by atoms with Crippen LogP contribution in [0.5, 0.6) is 0 Å². The minimum Gasteiger partial charge on any atom is -0.356 e. The van der Waals surface area contributed by atoms with Crippen molar-refractivity contribution in [2.45, 2.75) is 64.5 Å². The van der Waals surface area contributed by atoms with Crippen molar-refractivity contribution in [3.63, 3.8) is 0 Å². The van der Waals surface area contributed by atoms with Crippen molar-refractivity contribution in [3.05, 3.63) is 0 Å². The number of guanidine groups is 1. The summed E-state index contributed by atoms with van der Waals surface area (Å²) in [7, 11) is -1.37. The highest BCUT2D eigenvalue weighted by atomic mass is 32.2. The molecule has 0 aromatic rings.